The number of pyridine rings is 4. The zero-order valence-electron chi connectivity index (χ0n) is 34.3. The Morgan fingerprint density at radius 3 is 1.85 bits per heavy atom. The van der Waals surface area contributed by atoms with Crippen LogP contribution in [0.2, 0.25) is 0 Å². The summed E-state index contributed by atoms with van der Waals surface area (Å²) < 4.78 is 10.6. The molecule has 2 aromatic carbocycles. The monoisotopic (exact) mass is 814 g/mol. The summed E-state index contributed by atoms with van der Waals surface area (Å²) in [5.41, 5.74) is 9.58. The normalized spacial score (nSPS) is 15.1. The molecule has 308 valence electrons. The highest BCUT2D eigenvalue weighted by Gasteiger charge is 2.23. The van der Waals surface area contributed by atoms with Gasteiger partial charge in [0.25, 0.3) is 5.56 Å². The van der Waals surface area contributed by atoms with E-state index in [1.165, 1.54) is 18.3 Å². The van der Waals surface area contributed by atoms with Crippen molar-refractivity contribution in [2.45, 2.75) is 0 Å². The Labute approximate surface area is 352 Å². The lowest BCUT2D eigenvalue weighted by molar-refractivity contribution is 0.313. The first-order chi connectivity index (χ1) is 29.9. The van der Waals surface area contributed by atoms with Crippen molar-refractivity contribution in [1.82, 2.24) is 48.7 Å². The fourth-order valence-electron chi connectivity index (χ4n) is 8.21. The predicted molar refractivity (Wildman–Crippen MR) is 239 cm³/mol. The number of aromatic nitrogens is 8. The highest BCUT2D eigenvalue weighted by Crippen LogP contribution is 2.34. The molecule has 0 radical (unpaired) electrons. The summed E-state index contributed by atoms with van der Waals surface area (Å²) in [5, 5.41) is 14.6. The molecule has 16 heteroatoms. The Kier molecular flexibility index (Phi) is 9.98. The number of hydrogen-bond donors (Lipinski definition) is 1. The van der Waals surface area contributed by atoms with Gasteiger partial charge in [0.1, 0.15) is 18.3 Å². The van der Waals surface area contributed by atoms with Gasteiger partial charge in [-0.05, 0) is 99.0 Å². The van der Waals surface area contributed by atoms with Crippen LogP contribution in [0.3, 0.4) is 0 Å². The summed E-state index contributed by atoms with van der Waals surface area (Å²) in [6.07, 6.45) is 6.54. The van der Waals surface area contributed by atoms with Crippen molar-refractivity contribution in [3.05, 3.63) is 132 Å². The number of anilines is 6. The summed E-state index contributed by atoms with van der Waals surface area (Å²) in [5.74, 6) is 0.490. The number of ether oxygens (including phenoxy) is 1. The van der Waals surface area contributed by atoms with E-state index in [-0.39, 0.29) is 5.56 Å². The molecule has 0 unspecified atom stereocenters. The smallest absolute Gasteiger partial charge is 0.270 e. The number of methoxy groups -OCH3 is 1. The van der Waals surface area contributed by atoms with Crippen LogP contribution in [0.4, 0.5) is 34.1 Å². The fourth-order valence-corrected chi connectivity index (χ4v) is 8.21. The van der Waals surface area contributed by atoms with E-state index in [1.807, 2.05) is 59.6 Å². The lowest BCUT2D eigenvalue weighted by Gasteiger charge is -2.34. The SMILES string of the molecule is COc1cc(-c2ccc(N(c3ccc(N4CCN(C)CC4)cc3)n3ccc(-c4ccc(Nc5ccc(N6CCN(C)CC6)cc5)c5ncnn45)cc3=O)c3ncnn23)ccn1. The van der Waals surface area contributed by atoms with Crippen LogP contribution in [0.15, 0.2) is 127 Å². The third-order valence-corrected chi connectivity index (χ3v) is 11.7. The summed E-state index contributed by atoms with van der Waals surface area (Å²) >= 11 is 0. The van der Waals surface area contributed by atoms with Crippen molar-refractivity contribution >= 4 is 45.4 Å². The molecule has 2 aliphatic rings. The minimum Gasteiger partial charge on any atom is -0.481 e. The molecule has 0 amide bonds. The van der Waals surface area contributed by atoms with E-state index in [0.29, 0.717) is 28.4 Å². The largest absolute Gasteiger partial charge is 0.481 e. The highest BCUT2D eigenvalue weighted by molar-refractivity contribution is 5.81. The summed E-state index contributed by atoms with van der Waals surface area (Å²) in [6, 6.07) is 32.0. The topological polar surface area (TPSA) is 133 Å². The van der Waals surface area contributed by atoms with Gasteiger partial charge in [-0.2, -0.15) is 10.2 Å². The van der Waals surface area contributed by atoms with Crippen LogP contribution in [0.1, 0.15) is 0 Å². The van der Waals surface area contributed by atoms with Crippen LogP contribution in [0.25, 0.3) is 33.8 Å². The second kappa shape index (κ2) is 16.0. The predicted octanol–water partition coefficient (Wildman–Crippen LogP) is 5.52. The van der Waals surface area contributed by atoms with E-state index in [0.717, 1.165) is 92.1 Å². The summed E-state index contributed by atoms with van der Waals surface area (Å²) in [4.78, 5) is 37.6. The number of likely N-dealkylation sites (N-methyl/N-ethyl adjacent to an activating group) is 2. The number of benzene rings is 2. The quantitative estimate of drug-likeness (QED) is 0.186. The van der Waals surface area contributed by atoms with E-state index in [9.17, 15) is 4.79 Å². The molecule has 10 rings (SSSR count). The number of piperazine rings is 2. The van der Waals surface area contributed by atoms with Gasteiger partial charge in [0, 0.05) is 105 Å². The standard InChI is InChI=1S/C45H46N14O2/c1-52-20-24-54(25-21-52)35-6-4-34(5-7-35)51-38-12-13-39(57-44(38)47-30-49-57)33-17-19-56(43(60)29-33)59(37-10-8-36(9-11-37)55-26-22-53(2)23-27-55)41-15-14-40(58-45(41)48-31-50-58)32-16-18-46-42(28-32)61-3/h4-19,28-31,51H,20-27H2,1-3H3. The number of nitrogens with one attached hydrogen (secondary N) is 1. The molecule has 0 atom stereocenters. The summed E-state index contributed by atoms with van der Waals surface area (Å²) in [6.45, 7) is 8.04. The molecule has 0 aliphatic carbocycles. The molecule has 2 fully saturated rings. The number of fused-ring (bicyclic) bond motifs is 2. The lowest BCUT2D eigenvalue weighted by Crippen LogP contribution is -2.44. The van der Waals surface area contributed by atoms with Crippen molar-refractivity contribution < 1.29 is 4.74 Å². The number of rotatable bonds is 10. The van der Waals surface area contributed by atoms with Gasteiger partial charge in [-0.1, -0.05) is 0 Å². The van der Waals surface area contributed by atoms with Gasteiger partial charge in [-0.25, -0.2) is 33.7 Å². The maximum atomic E-state index is 14.5. The molecule has 1 N–H and O–H groups in total. The molecule has 2 saturated heterocycles. The molecular formula is C45H46N14O2. The average Bonchev–Trinajstić information content (AvgIpc) is 4.00. The fraction of sp³-hybridized carbons (Fsp3) is 0.244. The molecule has 0 bridgehead atoms. The van der Waals surface area contributed by atoms with Crippen LogP contribution in [0.5, 0.6) is 5.88 Å². The van der Waals surface area contributed by atoms with Crippen LogP contribution < -0.4 is 30.4 Å². The third-order valence-electron chi connectivity index (χ3n) is 11.7. The second-order valence-corrected chi connectivity index (χ2v) is 15.5. The Hall–Kier alpha value is -7.30. The van der Waals surface area contributed by atoms with Crippen LogP contribution >= 0.6 is 0 Å². The van der Waals surface area contributed by atoms with E-state index in [1.54, 1.807) is 39.3 Å². The van der Waals surface area contributed by atoms with E-state index in [2.05, 4.69) is 95.6 Å². The number of hydrogen-bond acceptors (Lipinski definition) is 13. The Bertz CT molecular complexity index is 2870. The maximum absolute atomic E-state index is 14.5. The zero-order chi connectivity index (χ0) is 41.5. The molecule has 6 aromatic heterocycles. The summed E-state index contributed by atoms with van der Waals surface area (Å²) in [7, 11) is 5.91. The zero-order valence-corrected chi connectivity index (χ0v) is 34.3. The third kappa shape index (κ3) is 7.36. The van der Waals surface area contributed by atoms with Gasteiger partial charge in [0.15, 0.2) is 11.3 Å². The average molecular weight is 815 g/mol. The van der Waals surface area contributed by atoms with Crippen LogP contribution in [-0.4, -0.2) is 122 Å². The van der Waals surface area contributed by atoms with Gasteiger partial charge in [0.05, 0.1) is 29.9 Å². The van der Waals surface area contributed by atoms with E-state index in [4.69, 9.17) is 9.72 Å². The molecule has 61 heavy (non-hydrogen) atoms. The Morgan fingerprint density at radius 2 is 1.21 bits per heavy atom. The molecule has 0 saturated carbocycles. The molecule has 8 heterocycles. The first-order valence-corrected chi connectivity index (χ1v) is 20.4. The van der Waals surface area contributed by atoms with Gasteiger partial charge in [-0.3, -0.25) is 4.79 Å². The molecule has 2 aliphatic heterocycles. The van der Waals surface area contributed by atoms with E-state index >= 15 is 0 Å². The molecule has 8 aromatic rings. The lowest BCUT2D eigenvalue weighted by atomic mass is 10.1. The molecule has 0 spiro atoms. The first kappa shape index (κ1) is 37.9. The van der Waals surface area contributed by atoms with Crippen molar-refractivity contribution in [2.75, 3.05) is 93.7 Å². The Balaban J connectivity index is 0.993. The Morgan fingerprint density at radius 1 is 0.623 bits per heavy atom. The minimum absolute atomic E-state index is 0.253. The maximum Gasteiger partial charge on any atom is 0.270 e. The van der Waals surface area contributed by atoms with Crippen LogP contribution in [0, 0.1) is 0 Å². The number of nitrogens with zero attached hydrogens (tertiary/aromatic N) is 13. The molecule has 16 nitrogen and oxygen atoms in total. The van der Waals surface area contributed by atoms with Gasteiger partial charge in [-0.15, -0.1) is 0 Å². The van der Waals surface area contributed by atoms with Gasteiger partial charge in [0.2, 0.25) is 5.88 Å². The van der Waals surface area contributed by atoms with E-state index < -0.39 is 0 Å². The molecular weight excluding hydrogens is 769 g/mol. The van der Waals surface area contributed by atoms with Crippen molar-refractivity contribution in [2.24, 2.45) is 0 Å². The minimum atomic E-state index is -0.253. The van der Waals surface area contributed by atoms with Crippen molar-refractivity contribution in [1.29, 1.82) is 0 Å². The van der Waals surface area contributed by atoms with Gasteiger partial charge >= 0.3 is 0 Å². The first-order valence-electron chi connectivity index (χ1n) is 20.4. The van der Waals surface area contributed by atoms with Crippen LogP contribution in [-0.2, 0) is 0 Å². The van der Waals surface area contributed by atoms with Crippen molar-refractivity contribution in [3.8, 4) is 28.4 Å². The highest BCUT2D eigenvalue weighted by atomic mass is 16.5. The van der Waals surface area contributed by atoms with Gasteiger partial charge < -0.3 is 29.7 Å². The van der Waals surface area contributed by atoms with Crippen molar-refractivity contribution in [3.63, 3.8) is 0 Å². The second-order valence-electron chi connectivity index (χ2n) is 15.5.